The number of carbonyl (C=O) groups excluding carboxylic acids is 2. The number of benzene rings is 2. The number of esters is 1. The maximum absolute atomic E-state index is 13.1. The van der Waals surface area contributed by atoms with Gasteiger partial charge in [-0.1, -0.05) is 30.3 Å². The number of hydrogen-bond acceptors (Lipinski definition) is 4. The average molecular weight is 367 g/mol. The second kappa shape index (κ2) is 7.86. The number of halogens is 1. The Hall–Kier alpha value is -3.41. The predicted octanol–water partition coefficient (Wildman–Crippen LogP) is 4.57. The van der Waals surface area contributed by atoms with Crippen molar-refractivity contribution < 1.29 is 23.1 Å². The van der Waals surface area contributed by atoms with Crippen LogP contribution in [-0.4, -0.2) is 11.9 Å². The zero-order chi connectivity index (χ0) is 19.4. The molecule has 138 valence electrons. The SMILES string of the molecule is Cc1cc(C(=O)O[C@@H](C(=O)Nc2ccc(F)cc2)c2ccccc2)c(C)o1. The number of nitrogens with one attached hydrogen (secondary N) is 1. The Bertz CT molecular complexity index is 948. The summed E-state index contributed by atoms with van der Waals surface area (Å²) in [6, 6.07) is 15.6. The summed E-state index contributed by atoms with van der Waals surface area (Å²) in [4.78, 5) is 25.3. The molecule has 2 aromatic carbocycles. The van der Waals surface area contributed by atoms with Crippen molar-refractivity contribution in [1.29, 1.82) is 0 Å². The van der Waals surface area contributed by atoms with E-state index in [0.29, 0.717) is 22.8 Å². The van der Waals surface area contributed by atoms with Gasteiger partial charge in [0.2, 0.25) is 6.10 Å². The molecule has 1 aromatic heterocycles. The first-order valence-electron chi connectivity index (χ1n) is 8.33. The number of anilines is 1. The van der Waals surface area contributed by atoms with E-state index in [4.69, 9.17) is 9.15 Å². The van der Waals surface area contributed by atoms with Crippen LogP contribution in [0.3, 0.4) is 0 Å². The van der Waals surface area contributed by atoms with E-state index in [1.165, 1.54) is 24.3 Å². The van der Waals surface area contributed by atoms with E-state index >= 15 is 0 Å². The maximum Gasteiger partial charge on any atom is 0.342 e. The van der Waals surface area contributed by atoms with Gasteiger partial charge in [0, 0.05) is 11.3 Å². The molecule has 5 nitrogen and oxygen atoms in total. The number of hydrogen-bond donors (Lipinski definition) is 1. The van der Waals surface area contributed by atoms with Crippen LogP contribution < -0.4 is 5.32 Å². The highest BCUT2D eigenvalue weighted by Crippen LogP contribution is 2.24. The molecule has 27 heavy (non-hydrogen) atoms. The minimum absolute atomic E-state index is 0.267. The molecule has 0 fully saturated rings. The van der Waals surface area contributed by atoms with Gasteiger partial charge in [-0.2, -0.15) is 0 Å². The topological polar surface area (TPSA) is 68.5 Å². The number of furan rings is 1. The molecule has 0 saturated carbocycles. The Morgan fingerprint density at radius 2 is 1.70 bits per heavy atom. The molecule has 0 unspecified atom stereocenters. The van der Waals surface area contributed by atoms with E-state index < -0.39 is 23.8 Å². The molecule has 3 aromatic rings. The zero-order valence-electron chi connectivity index (χ0n) is 14.9. The monoisotopic (exact) mass is 367 g/mol. The first-order valence-corrected chi connectivity index (χ1v) is 8.33. The van der Waals surface area contributed by atoms with Crippen LogP contribution in [-0.2, 0) is 9.53 Å². The summed E-state index contributed by atoms with van der Waals surface area (Å²) in [5.74, 6) is -0.619. The summed E-state index contributed by atoms with van der Waals surface area (Å²) in [5, 5.41) is 2.64. The van der Waals surface area contributed by atoms with Gasteiger partial charge in [0.05, 0.1) is 0 Å². The van der Waals surface area contributed by atoms with Crippen LogP contribution in [0.5, 0.6) is 0 Å². The van der Waals surface area contributed by atoms with Crippen LogP contribution in [0, 0.1) is 19.7 Å². The largest absolute Gasteiger partial charge is 0.466 e. The lowest BCUT2D eigenvalue weighted by Gasteiger charge is -2.18. The van der Waals surface area contributed by atoms with Gasteiger partial charge < -0.3 is 14.5 Å². The molecule has 1 amide bonds. The number of carbonyl (C=O) groups is 2. The fraction of sp³-hybridized carbons (Fsp3) is 0.143. The highest BCUT2D eigenvalue weighted by molar-refractivity contribution is 5.98. The first kappa shape index (κ1) is 18.4. The molecule has 1 N–H and O–H groups in total. The van der Waals surface area contributed by atoms with E-state index in [-0.39, 0.29) is 5.56 Å². The second-order valence-electron chi connectivity index (χ2n) is 6.02. The number of rotatable bonds is 5. The van der Waals surface area contributed by atoms with Gasteiger partial charge in [0.1, 0.15) is 22.9 Å². The fourth-order valence-electron chi connectivity index (χ4n) is 2.65. The van der Waals surface area contributed by atoms with E-state index in [1.807, 2.05) is 0 Å². The Balaban J connectivity index is 1.84. The van der Waals surface area contributed by atoms with Gasteiger partial charge in [0.25, 0.3) is 5.91 Å². The summed E-state index contributed by atoms with van der Waals surface area (Å²) in [7, 11) is 0. The molecule has 0 aliphatic heterocycles. The van der Waals surface area contributed by atoms with Crippen LogP contribution >= 0.6 is 0 Å². The van der Waals surface area contributed by atoms with E-state index in [0.717, 1.165) is 0 Å². The van der Waals surface area contributed by atoms with Gasteiger partial charge in [-0.05, 0) is 44.2 Å². The van der Waals surface area contributed by atoms with E-state index in [9.17, 15) is 14.0 Å². The molecule has 1 heterocycles. The summed E-state index contributed by atoms with van der Waals surface area (Å²) in [5.41, 5.74) is 1.18. The van der Waals surface area contributed by atoms with Crippen molar-refractivity contribution >= 4 is 17.6 Å². The Labute approximate surface area is 155 Å². The van der Waals surface area contributed by atoms with E-state index in [2.05, 4.69) is 5.32 Å². The summed E-state index contributed by atoms with van der Waals surface area (Å²) in [6.07, 6.45) is -1.17. The maximum atomic E-state index is 13.1. The van der Waals surface area contributed by atoms with Crippen LogP contribution in [0.1, 0.15) is 33.5 Å². The van der Waals surface area contributed by atoms with Crippen LogP contribution in [0.25, 0.3) is 0 Å². The Morgan fingerprint density at radius 3 is 2.30 bits per heavy atom. The standard InChI is InChI=1S/C21H18FNO4/c1-13-12-18(14(2)26-13)21(25)27-19(15-6-4-3-5-7-15)20(24)23-17-10-8-16(22)9-11-17/h3-12,19H,1-2H3,(H,23,24)/t19-/m1/s1. The minimum Gasteiger partial charge on any atom is -0.466 e. The molecule has 1 atom stereocenters. The molecule has 0 aliphatic rings. The normalized spacial score (nSPS) is 11.7. The Morgan fingerprint density at radius 1 is 1.04 bits per heavy atom. The van der Waals surface area contributed by atoms with Crippen molar-refractivity contribution in [2.75, 3.05) is 5.32 Å². The lowest BCUT2D eigenvalue weighted by atomic mass is 10.1. The van der Waals surface area contributed by atoms with Crippen LogP contribution in [0.2, 0.25) is 0 Å². The highest BCUT2D eigenvalue weighted by Gasteiger charge is 2.27. The predicted molar refractivity (Wildman–Crippen MR) is 97.8 cm³/mol. The lowest BCUT2D eigenvalue weighted by Crippen LogP contribution is -2.26. The molecule has 0 saturated heterocycles. The van der Waals surface area contributed by atoms with Gasteiger partial charge in [-0.15, -0.1) is 0 Å². The first-order chi connectivity index (χ1) is 12.9. The number of aryl methyl sites for hydroxylation is 2. The summed E-state index contributed by atoms with van der Waals surface area (Å²) in [6.45, 7) is 3.37. The Kier molecular flexibility index (Phi) is 5.35. The summed E-state index contributed by atoms with van der Waals surface area (Å²) >= 11 is 0. The molecular formula is C21H18FNO4. The minimum atomic E-state index is -1.17. The second-order valence-corrected chi connectivity index (χ2v) is 6.02. The van der Waals surface area contributed by atoms with Crippen molar-refractivity contribution in [2.45, 2.75) is 20.0 Å². The average Bonchev–Trinajstić information content (AvgIpc) is 3.00. The van der Waals surface area contributed by atoms with Crippen molar-refractivity contribution in [2.24, 2.45) is 0 Å². The third-order valence-corrected chi connectivity index (χ3v) is 3.94. The quantitative estimate of drug-likeness (QED) is 0.671. The fourth-order valence-corrected chi connectivity index (χ4v) is 2.65. The molecular weight excluding hydrogens is 349 g/mol. The van der Waals surface area contributed by atoms with Gasteiger partial charge in [-0.3, -0.25) is 4.79 Å². The third kappa shape index (κ3) is 4.41. The smallest absolute Gasteiger partial charge is 0.342 e. The zero-order valence-corrected chi connectivity index (χ0v) is 14.9. The molecule has 0 bridgehead atoms. The lowest BCUT2D eigenvalue weighted by molar-refractivity contribution is -0.125. The highest BCUT2D eigenvalue weighted by atomic mass is 19.1. The number of ether oxygens (including phenoxy) is 1. The van der Waals surface area contributed by atoms with Crippen molar-refractivity contribution in [3.8, 4) is 0 Å². The molecule has 6 heteroatoms. The van der Waals surface area contributed by atoms with Crippen molar-refractivity contribution in [1.82, 2.24) is 0 Å². The molecule has 0 spiro atoms. The summed E-state index contributed by atoms with van der Waals surface area (Å²) < 4.78 is 23.9. The molecule has 0 radical (unpaired) electrons. The van der Waals surface area contributed by atoms with Crippen molar-refractivity contribution in [3.05, 3.63) is 89.1 Å². The van der Waals surface area contributed by atoms with E-state index in [1.54, 1.807) is 50.2 Å². The van der Waals surface area contributed by atoms with Gasteiger partial charge in [-0.25, -0.2) is 9.18 Å². The molecule has 0 aliphatic carbocycles. The third-order valence-electron chi connectivity index (χ3n) is 3.94. The van der Waals surface area contributed by atoms with Crippen molar-refractivity contribution in [3.63, 3.8) is 0 Å². The van der Waals surface area contributed by atoms with Crippen LogP contribution in [0.15, 0.2) is 65.1 Å². The molecule has 3 rings (SSSR count). The van der Waals surface area contributed by atoms with Crippen LogP contribution in [0.4, 0.5) is 10.1 Å². The van der Waals surface area contributed by atoms with Gasteiger partial charge >= 0.3 is 5.97 Å². The van der Waals surface area contributed by atoms with Gasteiger partial charge in [0.15, 0.2) is 0 Å². The number of amides is 1.